The van der Waals surface area contributed by atoms with Crippen LogP contribution in [0.4, 0.5) is 4.39 Å². The van der Waals surface area contributed by atoms with Crippen molar-refractivity contribution < 1.29 is 12.8 Å². The fourth-order valence-corrected chi connectivity index (χ4v) is 4.44. The monoisotopic (exact) mass is 350 g/mol. The molecule has 2 atom stereocenters. The van der Waals surface area contributed by atoms with Gasteiger partial charge in [-0.05, 0) is 24.8 Å². The van der Waals surface area contributed by atoms with Crippen LogP contribution in [0.25, 0.3) is 0 Å². The van der Waals surface area contributed by atoms with Crippen LogP contribution in [0.3, 0.4) is 0 Å². The van der Waals surface area contributed by atoms with Crippen molar-refractivity contribution in [3.05, 3.63) is 24.3 Å². The zero-order chi connectivity index (χ0) is 13.9. The summed E-state index contributed by atoms with van der Waals surface area (Å²) in [6.45, 7) is 0. The molecule has 1 aromatic rings. The Balaban J connectivity index is 2.16. The third-order valence-electron chi connectivity index (χ3n) is 3.40. The maximum atomic E-state index is 13.1. The minimum atomic E-state index is -3.70. The average Bonchev–Trinajstić information content (AvgIpc) is 2.39. The molecule has 19 heavy (non-hydrogen) atoms. The van der Waals surface area contributed by atoms with Crippen LogP contribution in [0.2, 0.25) is 0 Å². The molecule has 0 saturated heterocycles. The number of rotatable bonds is 4. The lowest BCUT2D eigenvalue weighted by Crippen LogP contribution is -2.42. The number of pyridine rings is 1. The van der Waals surface area contributed by atoms with Gasteiger partial charge in [0.05, 0.1) is 6.20 Å². The zero-order valence-corrected chi connectivity index (χ0v) is 12.8. The Labute approximate surface area is 121 Å². The van der Waals surface area contributed by atoms with Crippen molar-refractivity contribution in [1.29, 1.82) is 0 Å². The van der Waals surface area contributed by atoms with Gasteiger partial charge in [0.25, 0.3) is 0 Å². The summed E-state index contributed by atoms with van der Waals surface area (Å²) < 4.78 is 40.1. The van der Waals surface area contributed by atoms with Crippen molar-refractivity contribution in [3.8, 4) is 0 Å². The van der Waals surface area contributed by atoms with Crippen LogP contribution in [0.5, 0.6) is 0 Å². The summed E-state index contributed by atoms with van der Waals surface area (Å²) in [6, 6.07) is 0.891. The minimum Gasteiger partial charge on any atom is -0.260 e. The first-order valence-corrected chi connectivity index (χ1v) is 8.82. The predicted molar refractivity (Wildman–Crippen MR) is 74.1 cm³/mol. The van der Waals surface area contributed by atoms with Gasteiger partial charge in [0.2, 0.25) is 10.0 Å². The van der Waals surface area contributed by atoms with Crippen LogP contribution in [0.15, 0.2) is 23.4 Å². The molecule has 4 nitrogen and oxygen atoms in total. The fourth-order valence-electron chi connectivity index (χ4n) is 2.35. The number of nitrogens with one attached hydrogen (secondary N) is 1. The molecule has 1 heterocycles. The molecular formula is C12H16BrFN2O2S. The number of hydrogen-bond acceptors (Lipinski definition) is 3. The van der Waals surface area contributed by atoms with Gasteiger partial charge in [-0.25, -0.2) is 17.5 Å². The normalized spacial score (nSPS) is 24.3. The Morgan fingerprint density at radius 2 is 2.11 bits per heavy atom. The van der Waals surface area contributed by atoms with E-state index >= 15 is 0 Å². The molecule has 0 bridgehead atoms. The molecule has 0 radical (unpaired) electrons. The topological polar surface area (TPSA) is 59.1 Å². The quantitative estimate of drug-likeness (QED) is 0.848. The summed E-state index contributed by atoms with van der Waals surface area (Å²) in [5.74, 6) is -0.367. The van der Waals surface area contributed by atoms with E-state index in [0.717, 1.165) is 49.5 Å². The molecule has 0 spiro atoms. The largest absolute Gasteiger partial charge is 0.260 e. The molecule has 1 saturated carbocycles. The first-order chi connectivity index (χ1) is 9.03. The minimum absolute atomic E-state index is 0.0959. The number of alkyl halides is 1. The van der Waals surface area contributed by atoms with Gasteiger partial charge in [0.1, 0.15) is 10.7 Å². The Morgan fingerprint density at radius 1 is 1.37 bits per heavy atom. The van der Waals surface area contributed by atoms with Crippen LogP contribution >= 0.6 is 15.9 Å². The average molecular weight is 351 g/mol. The summed E-state index contributed by atoms with van der Waals surface area (Å²) in [5, 5.41) is 0.765. The molecule has 0 aliphatic heterocycles. The van der Waals surface area contributed by atoms with Crippen molar-refractivity contribution in [2.75, 3.05) is 5.33 Å². The summed E-state index contributed by atoms with van der Waals surface area (Å²) >= 11 is 3.42. The third kappa shape index (κ3) is 3.73. The lowest BCUT2D eigenvalue weighted by molar-refractivity contribution is 0.316. The second-order valence-corrected chi connectivity index (χ2v) is 7.13. The number of hydrogen-bond donors (Lipinski definition) is 1. The van der Waals surface area contributed by atoms with E-state index in [1.165, 1.54) is 0 Å². The summed E-state index contributed by atoms with van der Waals surface area (Å²) in [6.07, 6.45) is 6.10. The Hall–Kier alpha value is -0.530. The predicted octanol–water partition coefficient (Wildman–Crippen LogP) is 2.45. The van der Waals surface area contributed by atoms with Crippen LogP contribution < -0.4 is 4.72 Å². The number of halogens is 2. The molecule has 0 aromatic carbocycles. The second-order valence-electron chi connectivity index (χ2n) is 4.77. The van der Waals surface area contributed by atoms with Crippen molar-refractivity contribution in [2.24, 2.45) is 5.92 Å². The molecule has 1 aromatic heterocycles. The van der Waals surface area contributed by atoms with E-state index in [-0.39, 0.29) is 16.9 Å². The summed E-state index contributed by atoms with van der Waals surface area (Å²) in [5.41, 5.74) is 0. The molecule has 1 fully saturated rings. The molecule has 7 heteroatoms. The van der Waals surface area contributed by atoms with Crippen LogP contribution in [0, 0.1) is 11.7 Å². The van der Waals surface area contributed by atoms with Gasteiger partial charge >= 0.3 is 0 Å². The first-order valence-electron chi connectivity index (χ1n) is 6.22. The van der Waals surface area contributed by atoms with Gasteiger partial charge in [-0.2, -0.15) is 0 Å². The lowest BCUT2D eigenvalue weighted by Gasteiger charge is -2.30. The molecule has 2 rings (SSSR count). The Kier molecular flexibility index (Phi) is 4.92. The molecule has 2 unspecified atom stereocenters. The maximum absolute atomic E-state index is 13.1. The fraction of sp³-hybridized carbons (Fsp3) is 0.583. The van der Waals surface area contributed by atoms with Crippen molar-refractivity contribution in [2.45, 2.75) is 36.6 Å². The van der Waals surface area contributed by atoms with E-state index in [1.807, 2.05) is 0 Å². The van der Waals surface area contributed by atoms with Crippen molar-refractivity contribution >= 4 is 26.0 Å². The van der Waals surface area contributed by atoms with Gasteiger partial charge in [-0.15, -0.1) is 0 Å². The summed E-state index contributed by atoms with van der Waals surface area (Å²) in [7, 11) is -3.70. The van der Waals surface area contributed by atoms with Crippen LogP contribution in [-0.4, -0.2) is 24.8 Å². The van der Waals surface area contributed by atoms with Crippen LogP contribution in [-0.2, 0) is 10.0 Å². The van der Waals surface area contributed by atoms with E-state index in [1.54, 1.807) is 0 Å². The molecular weight excluding hydrogens is 335 g/mol. The Bertz CT molecular complexity index is 538. The zero-order valence-electron chi connectivity index (χ0n) is 10.4. The highest BCUT2D eigenvalue weighted by molar-refractivity contribution is 9.09. The Morgan fingerprint density at radius 3 is 2.79 bits per heavy atom. The van der Waals surface area contributed by atoms with E-state index in [2.05, 4.69) is 25.6 Å². The van der Waals surface area contributed by atoms with Crippen LogP contribution in [0.1, 0.15) is 25.7 Å². The van der Waals surface area contributed by atoms with Gasteiger partial charge < -0.3 is 0 Å². The molecule has 0 amide bonds. The highest BCUT2D eigenvalue weighted by Gasteiger charge is 2.29. The highest BCUT2D eigenvalue weighted by atomic mass is 79.9. The van der Waals surface area contributed by atoms with Gasteiger partial charge in [0.15, 0.2) is 0 Å². The molecule has 1 N–H and O–H groups in total. The second kappa shape index (κ2) is 6.28. The van der Waals surface area contributed by atoms with Crippen molar-refractivity contribution in [1.82, 2.24) is 9.71 Å². The van der Waals surface area contributed by atoms with Gasteiger partial charge in [-0.3, -0.25) is 4.98 Å². The van der Waals surface area contributed by atoms with Gasteiger partial charge in [-0.1, -0.05) is 28.8 Å². The first kappa shape index (κ1) is 14.9. The van der Waals surface area contributed by atoms with Crippen molar-refractivity contribution in [3.63, 3.8) is 0 Å². The smallest absolute Gasteiger partial charge is 0.242 e. The lowest BCUT2D eigenvalue weighted by atomic mass is 9.87. The third-order valence-corrected chi connectivity index (χ3v) is 5.69. The number of aromatic nitrogens is 1. The van der Waals surface area contributed by atoms with E-state index in [4.69, 9.17) is 0 Å². The summed E-state index contributed by atoms with van der Waals surface area (Å²) in [4.78, 5) is 3.46. The standard InChI is InChI=1S/C12H16BrFN2O2S/c13-6-9-3-1-2-4-12(9)16-19(17,18)11-5-10(14)7-15-8-11/h5,7-9,12,16H,1-4,6H2. The molecule has 1 aliphatic rings. The van der Waals surface area contributed by atoms with E-state index in [9.17, 15) is 12.8 Å². The molecule has 106 valence electrons. The molecule has 1 aliphatic carbocycles. The van der Waals surface area contributed by atoms with E-state index in [0.29, 0.717) is 0 Å². The highest BCUT2D eigenvalue weighted by Crippen LogP contribution is 2.27. The number of nitrogens with zero attached hydrogens (tertiary/aromatic N) is 1. The SMILES string of the molecule is O=S(=O)(NC1CCCCC1CBr)c1cncc(F)c1. The van der Waals surface area contributed by atoms with E-state index < -0.39 is 15.8 Å². The maximum Gasteiger partial charge on any atom is 0.242 e. The van der Waals surface area contributed by atoms with Gasteiger partial charge in [0, 0.05) is 17.6 Å². The number of sulfonamides is 1.